The van der Waals surface area contributed by atoms with E-state index < -0.39 is 10.0 Å². The Morgan fingerprint density at radius 1 is 1.19 bits per heavy atom. The zero-order valence-corrected chi connectivity index (χ0v) is 12.6. The maximum absolute atomic E-state index is 12.6. The van der Waals surface area contributed by atoms with Gasteiger partial charge in [-0.25, -0.2) is 13.4 Å². The predicted octanol–water partition coefficient (Wildman–Crippen LogP) is 1.30. The molecule has 21 heavy (non-hydrogen) atoms. The summed E-state index contributed by atoms with van der Waals surface area (Å²) >= 11 is 0. The fourth-order valence-corrected chi connectivity index (χ4v) is 3.78. The highest BCUT2D eigenvalue weighted by atomic mass is 32.2. The fourth-order valence-electron chi connectivity index (χ4n) is 2.34. The molecule has 0 atom stereocenters. The van der Waals surface area contributed by atoms with Crippen LogP contribution in [0, 0.1) is 0 Å². The van der Waals surface area contributed by atoms with Crippen molar-refractivity contribution in [2.24, 2.45) is 0 Å². The molecule has 0 unspecified atom stereocenters. The Morgan fingerprint density at radius 3 is 2.67 bits per heavy atom. The SMILES string of the molecule is CNc1ccc2cc(S(=O)(=O)N3CCOCC3)ccc2n1. The average Bonchev–Trinajstić information content (AvgIpc) is 2.54. The molecule has 1 aliphatic rings. The molecule has 0 amide bonds. The van der Waals surface area contributed by atoms with Gasteiger partial charge in [-0.05, 0) is 30.3 Å². The Bertz CT molecular complexity index is 755. The van der Waals surface area contributed by atoms with Crippen molar-refractivity contribution in [3.05, 3.63) is 30.3 Å². The van der Waals surface area contributed by atoms with Crippen LogP contribution in [-0.4, -0.2) is 51.1 Å². The third-order valence-corrected chi connectivity index (χ3v) is 5.42. The second kappa shape index (κ2) is 5.59. The molecule has 3 rings (SSSR count). The summed E-state index contributed by atoms with van der Waals surface area (Å²) in [7, 11) is -1.66. The van der Waals surface area contributed by atoms with Crippen LogP contribution < -0.4 is 5.32 Å². The number of ether oxygens (including phenoxy) is 1. The van der Waals surface area contributed by atoms with Crippen molar-refractivity contribution in [2.75, 3.05) is 38.7 Å². The number of hydrogen-bond acceptors (Lipinski definition) is 5. The second-order valence-corrected chi connectivity index (χ2v) is 6.76. The Kier molecular flexibility index (Phi) is 3.79. The molecule has 1 aromatic carbocycles. The van der Waals surface area contributed by atoms with E-state index in [1.165, 1.54) is 4.31 Å². The third-order valence-electron chi connectivity index (χ3n) is 3.52. The smallest absolute Gasteiger partial charge is 0.243 e. The lowest BCUT2D eigenvalue weighted by atomic mass is 10.2. The monoisotopic (exact) mass is 307 g/mol. The highest BCUT2D eigenvalue weighted by Crippen LogP contribution is 2.22. The number of rotatable bonds is 3. The molecule has 0 radical (unpaired) electrons. The number of nitrogens with zero attached hydrogens (tertiary/aromatic N) is 2. The maximum atomic E-state index is 12.6. The zero-order chi connectivity index (χ0) is 14.9. The average molecular weight is 307 g/mol. The van der Waals surface area contributed by atoms with Gasteiger partial charge in [-0.15, -0.1) is 0 Å². The van der Waals surface area contributed by atoms with Crippen LogP contribution in [0.1, 0.15) is 0 Å². The van der Waals surface area contributed by atoms with E-state index in [2.05, 4.69) is 10.3 Å². The first-order valence-corrected chi connectivity index (χ1v) is 8.22. The van der Waals surface area contributed by atoms with Gasteiger partial charge in [0.25, 0.3) is 0 Å². The van der Waals surface area contributed by atoms with Crippen LogP contribution >= 0.6 is 0 Å². The van der Waals surface area contributed by atoms with Crippen molar-refractivity contribution in [1.82, 2.24) is 9.29 Å². The summed E-state index contributed by atoms with van der Waals surface area (Å²) < 4.78 is 31.9. The van der Waals surface area contributed by atoms with Crippen LogP contribution in [0.4, 0.5) is 5.82 Å². The summed E-state index contributed by atoms with van der Waals surface area (Å²) in [6.45, 7) is 1.69. The Labute approximate surface area is 123 Å². The number of hydrogen-bond donors (Lipinski definition) is 1. The molecule has 2 heterocycles. The van der Waals surface area contributed by atoms with Gasteiger partial charge in [-0.3, -0.25) is 0 Å². The van der Waals surface area contributed by atoms with Crippen molar-refractivity contribution >= 4 is 26.7 Å². The van der Waals surface area contributed by atoms with Crippen LogP contribution in [0.2, 0.25) is 0 Å². The lowest BCUT2D eigenvalue weighted by Gasteiger charge is -2.26. The molecular weight excluding hydrogens is 290 g/mol. The van der Waals surface area contributed by atoms with Gasteiger partial charge in [0.05, 0.1) is 23.6 Å². The molecule has 2 aromatic rings. The summed E-state index contributed by atoms with van der Waals surface area (Å²) in [5, 5.41) is 3.77. The lowest BCUT2D eigenvalue weighted by Crippen LogP contribution is -2.40. The number of aromatic nitrogens is 1. The van der Waals surface area contributed by atoms with Gasteiger partial charge in [0.1, 0.15) is 5.82 Å². The summed E-state index contributed by atoms with van der Waals surface area (Å²) in [4.78, 5) is 4.69. The molecule has 1 aliphatic heterocycles. The molecule has 112 valence electrons. The molecule has 0 bridgehead atoms. The summed E-state index contributed by atoms with van der Waals surface area (Å²) in [6.07, 6.45) is 0. The fraction of sp³-hybridized carbons (Fsp3) is 0.357. The molecule has 0 spiro atoms. The molecule has 1 saturated heterocycles. The van der Waals surface area contributed by atoms with Gasteiger partial charge in [0.2, 0.25) is 10.0 Å². The predicted molar refractivity (Wildman–Crippen MR) is 80.9 cm³/mol. The van der Waals surface area contributed by atoms with Gasteiger partial charge in [-0.2, -0.15) is 4.31 Å². The molecular formula is C14H17N3O3S. The summed E-state index contributed by atoms with van der Waals surface area (Å²) in [5.41, 5.74) is 0.766. The van der Waals surface area contributed by atoms with E-state index in [9.17, 15) is 8.42 Å². The third kappa shape index (κ3) is 2.72. The summed E-state index contributed by atoms with van der Waals surface area (Å²) in [5.74, 6) is 0.756. The minimum absolute atomic E-state index is 0.302. The van der Waals surface area contributed by atoms with Gasteiger partial charge in [0.15, 0.2) is 0 Å². The Morgan fingerprint density at radius 2 is 1.95 bits per heavy atom. The first-order chi connectivity index (χ1) is 10.1. The number of pyridine rings is 1. The van der Waals surface area contributed by atoms with Crippen molar-refractivity contribution in [1.29, 1.82) is 0 Å². The maximum Gasteiger partial charge on any atom is 0.243 e. The van der Waals surface area contributed by atoms with Crippen molar-refractivity contribution in [2.45, 2.75) is 4.90 Å². The topological polar surface area (TPSA) is 71.5 Å². The molecule has 1 aromatic heterocycles. The second-order valence-electron chi connectivity index (χ2n) is 4.82. The number of benzene rings is 1. The normalized spacial score (nSPS) is 17.0. The van der Waals surface area contributed by atoms with Gasteiger partial charge < -0.3 is 10.1 Å². The Hall–Kier alpha value is -1.70. The van der Waals surface area contributed by atoms with E-state index in [1.807, 2.05) is 12.1 Å². The van der Waals surface area contributed by atoms with E-state index in [0.29, 0.717) is 31.2 Å². The summed E-state index contributed by atoms with van der Waals surface area (Å²) in [6, 6.07) is 8.72. The van der Waals surface area contributed by atoms with Crippen LogP contribution in [0.25, 0.3) is 10.9 Å². The van der Waals surface area contributed by atoms with E-state index in [1.54, 1.807) is 25.2 Å². The number of anilines is 1. The van der Waals surface area contributed by atoms with Crippen molar-refractivity contribution in [3.63, 3.8) is 0 Å². The van der Waals surface area contributed by atoms with E-state index in [-0.39, 0.29) is 0 Å². The number of fused-ring (bicyclic) bond motifs is 1. The van der Waals surface area contributed by atoms with Crippen LogP contribution in [-0.2, 0) is 14.8 Å². The zero-order valence-electron chi connectivity index (χ0n) is 11.7. The minimum Gasteiger partial charge on any atom is -0.379 e. The van der Waals surface area contributed by atoms with Crippen LogP contribution in [0.3, 0.4) is 0 Å². The van der Waals surface area contributed by atoms with E-state index in [0.717, 1.165) is 16.7 Å². The molecule has 1 N–H and O–H groups in total. The molecule has 0 aliphatic carbocycles. The number of morpholine rings is 1. The van der Waals surface area contributed by atoms with E-state index in [4.69, 9.17) is 4.74 Å². The van der Waals surface area contributed by atoms with Crippen molar-refractivity contribution < 1.29 is 13.2 Å². The first-order valence-electron chi connectivity index (χ1n) is 6.78. The van der Waals surface area contributed by atoms with Gasteiger partial charge in [0, 0.05) is 25.5 Å². The Balaban J connectivity index is 2.00. The van der Waals surface area contributed by atoms with Crippen LogP contribution in [0.15, 0.2) is 35.2 Å². The largest absolute Gasteiger partial charge is 0.379 e. The number of sulfonamides is 1. The van der Waals surface area contributed by atoms with Crippen molar-refractivity contribution in [3.8, 4) is 0 Å². The molecule has 7 heteroatoms. The molecule has 6 nitrogen and oxygen atoms in total. The van der Waals surface area contributed by atoms with Gasteiger partial charge >= 0.3 is 0 Å². The first kappa shape index (κ1) is 14.2. The quantitative estimate of drug-likeness (QED) is 0.925. The minimum atomic E-state index is -3.46. The highest BCUT2D eigenvalue weighted by molar-refractivity contribution is 7.89. The number of nitrogens with one attached hydrogen (secondary N) is 1. The molecule has 1 fully saturated rings. The van der Waals surface area contributed by atoms with Crippen LogP contribution in [0.5, 0.6) is 0 Å². The van der Waals surface area contributed by atoms with Gasteiger partial charge in [-0.1, -0.05) is 0 Å². The molecule has 0 saturated carbocycles. The lowest BCUT2D eigenvalue weighted by molar-refractivity contribution is 0.0730. The van der Waals surface area contributed by atoms with E-state index >= 15 is 0 Å². The standard InChI is InChI=1S/C14H17N3O3S/c1-15-14-5-2-11-10-12(3-4-13(11)16-14)21(18,19)17-6-8-20-9-7-17/h2-5,10H,6-9H2,1H3,(H,15,16). The highest BCUT2D eigenvalue weighted by Gasteiger charge is 2.26.